The first-order chi connectivity index (χ1) is 9.74. The minimum absolute atomic E-state index is 0.00477. The Labute approximate surface area is 126 Å². The van der Waals surface area contributed by atoms with Crippen LogP contribution in [0.1, 0.15) is 90.9 Å². The molecule has 4 atom stereocenters. The molecule has 0 aromatic rings. The first-order valence-corrected chi connectivity index (χ1v) is 9.42. The Hall–Kier alpha value is -0.0400. The van der Waals surface area contributed by atoms with Gasteiger partial charge in [0.2, 0.25) is 0 Å². The highest BCUT2D eigenvalue weighted by atomic mass is 16.3. The molecule has 0 heterocycles. The highest BCUT2D eigenvalue weighted by Gasteiger charge is 2.37. The van der Waals surface area contributed by atoms with Gasteiger partial charge in [-0.15, -0.1) is 0 Å². The summed E-state index contributed by atoms with van der Waals surface area (Å²) in [5.74, 6) is 3.97. The molecule has 2 fully saturated rings. The van der Waals surface area contributed by atoms with Crippen molar-refractivity contribution in [1.82, 2.24) is 0 Å². The van der Waals surface area contributed by atoms with Crippen molar-refractivity contribution in [3.05, 3.63) is 0 Å². The average Bonchev–Trinajstić information content (AvgIpc) is 3.34. The number of hydrogen-bond acceptors (Lipinski definition) is 1. The lowest BCUT2D eigenvalue weighted by Gasteiger charge is -2.10. The normalized spacial score (nSPS) is 33.1. The summed E-state index contributed by atoms with van der Waals surface area (Å²) in [7, 11) is 0. The predicted octanol–water partition coefficient (Wildman–Crippen LogP) is 5.56. The number of hydrogen-bond donors (Lipinski definition) is 1. The van der Waals surface area contributed by atoms with E-state index in [1.807, 2.05) is 0 Å². The molecule has 0 saturated heterocycles. The van der Waals surface area contributed by atoms with E-state index in [-0.39, 0.29) is 6.10 Å². The van der Waals surface area contributed by atoms with Gasteiger partial charge in [-0.2, -0.15) is 0 Å². The van der Waals surface area contributed by atoms with Gasteiger partial charge in [-0.25, -0.2) is 0 Å². The second-order valence-corrected chi connectivity index (χ2v) is 7.60. The van der Waals surface area contributed by atoms with E-state index in [2.05, 4.69) is 13.8 Å². The van der Waals surface area contributed by atoms with E-state index < -0.39 is 0 Å². The second-order valence-electron chi connectivity index (χ2n) is 7.60. The van der Waals surface area contributed by atoms with Gasteiger partial charge in [0.1, 0.15) is 0 Å². The maximum Gasteiger partial charge on any atom is 0.0540 e. The third-order valence-electron chi connectivity index (χ3n) is 5.74. The summed E-state index contributed by atoms with van der Waals surface area (Å²) in [4.78, 5) is 0. The van der Waals surface area contributed by atoms with Gasteiger partial charge in [0, 0.05) is 0 Å². The molecule has 0 bridgehead atoms. The van der Waals surface area contributed by atoms with E-state index in [0.717, 1.165) is 36.5 Å². The lowest BCUT2D eigenvalue weighted by Crippen LogP contribution is -2.07. The minimum Gasteiger partial charge on any atom is -0.393 e. The standard InChI is InChI=1S/C19H36O/c1-3-5-7-15-13-17(15)9-11-19(20)12-10-18-14-16(18)8-6-4-2/h15-20H,3-14H2,1-2H3. The topological polar surface area (TPSA) is 20.2 Å². The monoisotopic (exact) mass is 280 g/mol. The molecule has 0 aromatic carbocycles. The molecule has 118 valence electrons. The van der Waals surface area contributed by atoms with E-state index in [1.165, 1.54) is 64.2 Å². The maximum atomic E-state index is 10.1. The molecule has 2 saturated carbocycles. The van der Waals surface area contributed by atoms with Crippen molar-refractivity contribution in [3.63, 3.8) is 0 Å². The third kappa shape index (κ3) is 5.76. The van der Waals surface area contributed by atoms with Gasteiger partial charge in [0.05, 0.1) is 6.10 Å². The average molecular weight is 280 g/mol. The smallest absolute Gasteiger partial charge is 0.0540 e. The fourth-order valence-corrected chi connectivity index (χ4v) is 3.92. The molecule has 2 aliphatic carbocycles. The zero-order chi connectivity index (χ0) is 14.4. The molecule has 0 amide bonds. The highest BCUT2D eigenvalue weighted by molar-refractivity contribution is 4.88. The van der Waals surface area contributed by atoms with Gasteiger partial charge >= 0.3 is 0 Å². The molecule has 1 N–H and O–H groups in total. The molecule has 1 heteroatoms. The van der Waals surface area contributed by atoms with Crippen LogP contribution in [-0.4, -0.2) is 11.2 Å². The zero-order valence-electron chi connectivity index (χ0n) is 13.8. The van der Waals surface area contributed by atoms with Crippen LogP contribution >= 0.6 is 0 Å². The fourth-order valence-electron chi connectivity index (χ4n) is 3.92. The van der Waals surface area contributed by atoms with Crippen LogP contribution in [0, 0.1) is 23.7 Å². The van der Waals surface area contributed by atoms with Gasteiger partial charge < -0.3 is 5.11 Å². The van der Waals surface area contributed by atoms with Gasteiger partial charge in [-0.1, -0.05) is 52.4 Å². The van der Waals surface area contributed by atoms with Crippen LogP contribution in [0.25, 0.3) is 0 Å². The Morgan fingerprint density at radius 1 is 0.750 bits per heavy atom. The number of aliphatic hydroxyl groups is 1. The molecule has 0 spiro atoms. The van der Waals surface area contributed by atoms with Crippen LogP contribution in [0.15, 0.2) is 0 Å². The van der Waals surface area contributed by atoms with E-state index in [1.54, 1.807) is 0 Å². The van der Waals surface area contributed by atoms with Crippen molar-refractivity contribution >= 4 is 0 Å². The van der Waals surface area contributed by atoms with Crippen molar-refractivity contribution in [1.29, 1.82) is 0 Å². The molecule has 0 aliphatic heterocycles. The Morgan fingerprint density at radius 2 is 1.15 bits per heavy atom. The second kappa shape index (κ2) is 8.41. The van der Waals surface area contributed by atoms with Crippen molar-refractivity contribution in [2.24, 2.45) is 23.7 Å². The fraction of sp³-hybridized carbons (Fsp3) is 1.00. The highest BCUT2D eigenvalue weighted by Crippen LogP contribution is 2.47. The minimum atomic E-state index is -0.00477. The quantitative estimate of drug-likeness (QED) is 0.496. The number of unbranched alkanes of at least 4 members (excludes halogenated alkanes) is 2. The van der Waals surface area contributed by atoms with Crippen LogP contribution in [0.3, 0.4) is 0 Å². The van der Waals surface area contributed by atoms with Crippen LogP contribution in [0.2, 0.25) is 0 Å². The van der Waals surface area contributed by atoms with E-state index in [9.17, 15) is 5.11 Å². The molecule has 1 nitrogen and oxygen atoms in total. The molecular weight excluding hydrogens is 244 g/mol. The molecule has 2 aliphatic rings. The molecule has 20 heavy (non-hydrogen) atoms. The third-order valence-corrected chi connectivity index (χ3v) is 5.74. The molecule has 4 unspecified atom stereocenters. The Bertz CT molecular complexity index is 236. The van der Waals surface area contributed by atoms with Crippen molar-refractivity contribution in [3.8, 4) is 0 Å². The summed E-state index contributed by atoms with van der Waals surface area (Å²) in [5.41, 5.74) is 0. The SMILES string of the molecule is CCCCC1CC1CCC(O)CCC1CC1CCCC. The summed E-state index contributed by atoms with van der Waals surface area (Å²) < 4.78 is 0. The molecule has 0 aromatic heterocycles. The van der Waals surface area contributed by atoms with E-state index in [4.69, 9.17) is 0 Å². The first-order valence-electron chi connectivity index (χ1n) is 9.42. The first kappa shape index (κ1) is 16.3. The Balaban J connectivity index is 1.43. The van der Waals surface area contributed by atoms with Crippen molar-refractivity contribution < 1.29 is 5.11 Å². The van der Waals surface area contributed by atoms with Crippen LogP contribution in [0.5, 0.6) is 0 Å². The predicted molar refractivity (Wildman–Crippen MR) is 86.7 cm³/mol. The summed E-state index contributed by atoms with van der Waals surface area (Å²) in [6.07, 6.45) is 16.0. The van der Waals surface area contributed by atoms with Crippen molar-refractivity contribution in [2.45, 2.75) is 97.0 Å². The summed E-state index contributed by atoms with van der Waals surface area (Å²) in [6, 6.07) is 0. The molecular formula is C19H36O. The van der Waals surface area contributed by atoms with Crippen LogP contribution < -0.4 is 0 Å². The molecule has 2 rings (SSSR count). The van der Waals surface area contributed by atoms with Gasteiger partial charge in [-0.3, -0.25) is 0 Å². The zero-order valence-corrected chi connectivity index (χ0v) is 13.8. The van der Waals surface area contributed by atoms with Gasteiger partial charge in [0.15, 0.2) is 0 Å². The van der Waals surface area contributed by atoms with Gasteiger partial charge in [-0.05, 0) is 62.2 Å². The Morgan fingerprint density at radius 3 is 1.55 bits per heavy atom. The van der Waals surface area contributed by atoms with E-state index >= 15 is 0 Å². The number of aliphatic hydroxyl groups excluding tert-OH is 1. The lowest BCUT2D eigenvalue weighted by molar-refractivity contribution is 0.144. The van der Waals surface area contributed by atoms with Crippen molar-refractivity contribution in [2.75, 3.05) is 0 Å². The Kier molecular flexibility index (Phi) is 6.87. The van der Waals surface area contributed by atoms with Crippen LogP contribution in [-0.2, 0) is 0 Å². The van der Waals surface area contributed by atoms with Gasteiger partial charge in [0.25, 0.3) is 0 Å². The maximum absolute atomic E-state index is 10.1. The summed E-state index contributed by atoms with van der Waals surface area (Å²) >= 11 is 0. The number of rotatable bonds is 12. The lowest BCUT2D eigenvalue weighted by atomic mass is 10.0. The van der Waals surface area contributed by atoms with Crippen LogP contribution in [0.4, 0.5) is 0 Å². The largest absolute Gasteiger partial charge is 0.393 e. The summed E-state index contributed by atoms with van der Waals surface area (Å²) in [6.45, 7) is 4.57. The summed E-state index contributed by atoms with van der Waals surface area (Å²) in [5, 5.41) is 10.1. The molecule has 0 radical (unpaired) electrons. The van der Waals surface area contributed by atoms with E-state index in [0.29, 0.717) is 0 Å².